The van der Waals surface area contributed by atoms with E-state index in [0.29, 0.717) is 16.8 Å². The molecule has 11 nitrogen and oxygen atoms in total. The van der Waals surface area contributed by atoms with E-state index < -0.39 is 23.0 Å². The quantitative estimate of drug-likeness (QED) is 0.355. The van der Waals surface area contributed by atoms with Crippen LogP contribution in [0, 0.1) is 10.1 Å². The van der Waals surface area contributed by atoms with E-state index in [1.807, 2.05) is 24.3 Å². The number of oxime groups is 1. The average molecular weight is 504 g/mol. The number of non-ortho nitro benzene ring substituents is 1. The van der Waals surface area contributed by atoms with Gasteiger partial charge in [0.15, 0.2) is 0 Å². The molecule has 3 aromatic rings. The number of aromatic nitrogens is 1. The number of pyridine rings is 1. The van der Waals surface area contributed by atoms with Crippen LogP contribution in [-0.2, 0) is 9.63 Å². The average Bonchev–Trinajstić information content (AvgIpc) is 3.36. The summed E-state index contributed by atoms with van der Waals surface area (Å²) in [4.78, 5) is 47.0. The van der Waals surface area contributed by atoms with Crippen molar-refractivity contribution in [3.05, 3.63) is 94.3 Å². The zero-order chi connectivity index (χ0) is 26.4. The van der Waals surface area contributed by atoms with E-state index in [9.17, 15) is 24.8 Å². The highest BCUT2D eigenvalue weighted by Crippen LogP contribution is 2.23. The number of nitrogens with one attached hydrogen (secondary N) is 1. The fraction of sp³-hybridized carbons (Fsp3) is 0.231. The summed E-state index contributed by atoms with van der Waals surface area (Å²) >= 11 is 0. The second-order valence-corrected chi connectivity index (χ2v) is 8.42. The van der Waals surface area contributed by atoms with Crippen LogP contribution in [0.25, 0.3) is 11.1 Å². The first-order chi connectivity index (χ1) is 17.9. The number of nitrogens with zero attached hydrogens (tertiary/aromatic N) is 4. The van der Waals surface area contributed by atoms with Crippen molar-refractivity contribution in [1.82, 2.24) is 15.2 Å². The summed E-state index contributed by atoms with van der Waals surface area (Å²) < 4.78 is 0. The first kappa shape index (κ1) is 25.5. The van der Waals surface area contributed by atoms with Crippen LogP contribution >= 0.6 is 0 Å². The molecular weight excluding hydrogens is 478 g/mol. The Kier molecular flexibility index (Phi) is 7.84. The van der Waals surface area contributed by atoms with Crippen molar-refractivity contribution in [3.8, 4) is 11.1 Å². The predicted octanol–water partition coefficient (Wildman–Crippen LogP) is 2.72. The van der Waals surface area contributed by atoms with Gasteiger partial charge in [-0.1, -0.05) is 17.3 Å². The number of rotatable bonds is 8. The van der Waals surface area contributed by atoms with Gasteiger partial charge >= 0.3 is 0 Å². The highest BCUT2D eigenvalue weighted by atomic mass is 16.6. The molecule has 1 aliphatic heterocycles. The molecule has 0 bridgehead atoms. The molecule has 4 rings (SSSR count). The number of carbonyl (C=O) groups excluding carboxylic acids is 2. The van der Waals surface area contributed by atoms with Gasteiger partial charge in [-0.15, -0.1) is 0 Å². The minimum atomic E-state index is -1.08. The Morgan fingerprint density at radius 1 is 1.14 bits per heavy atom. The van der Waals surface area contributed by atoms with Crippen LogP contribution in [0.5, 0.6) is 0 Å². The van der Waals surface area contributed by atoms with Gasteiger partial charge in [-0.25, -0.2) is 0 Å². The van der Waals surface area contributed by atoms with Crippen molar-refractivity contribution < 1.29 is 24.5 Å². The molecule has 2 N–H and O–H groups in total. The SMILES string of the molecule is CON=C1C[C@@H](C(=O)NCC(O)c2ccc([N+](=O)[O-])cc2)N(C(=O)c2ccc(-c3ccncc3)cc2)C1. The van der Waals surface area contributed by atoms with Crippen molar-refractivity contribution in [3.63, 3.8) is 0 Å². The Balaban J connectivity index is 1.45. The lowest BCUT2D eigenvalue weighted by atomic mass is 10.0. The molecule has 0 saturated carbocycles. The summed E-state index contributed by atoms with van der Waals surface area (Å²) in [5.41, 5.74) is 3.17. The van der Waals surface area contributed by atoms with Gasteiger partial charge < -0.3 is 20.2 Å². The Bertz CT molecular complexity index is 1300. The number of aliphatic hydroxyl groups is 1. The van der Waals surface area contributed by atoms with E-state index in [1.165, 1.54) is 36.3 Å². The number of nitro benzene ring substituents is 1. The molecule has 2 amide bonds. The first-order valence-corrected chi connectivity index (χ1v) is 11.5. The molecule has 0 spiro atoms. The molecule has 11 heteroatoms. The summed E-state index contributed by atoms with van der Waals surface area (Å²) in [5.74, 6) is -0.789. The third-order valence-electron chi connectivity index (χ3n) is 6.05. The van der Waals surface area contributed by atoms with Gasteiger partial charge in [0, 0.05) is 43.1 Å². The first-order valence-electron chi connectivity index (χ1n) is 11.5. The molecule has 37 heavy (non-hydrogen) atoms. The van der Waals surface area contributed by atoms with Crippen LogP contribution in [0.15, 0.2) is 78.2 Å². The van der Waals surface area contributed by atoms with Crippen molar-refractivity contribution >= 4 is 23.2 Å². The van der Waals surface area contributed by atoms with Gasteiger partial charge in [0.1, 0.15) is 13.2 Å². The zero-order valence-corrected chi connectivity index (χ0v) is 20.0. The van der Waals surface area contributed by atoms with Gasteiger partial charge in [-0.3, -0.25) is 24.7 Å². The summed E-state index contributed by atoms with van der Waals surface area (Å²) in [6, 6.07) is 15.4. The second-order valence-electron chi connectivity index (χ2n) is 8.42. The molecule has 1 aromatic heterocycles. The molecule has 0 radical (unpaired) electrons. The highest BCUT2D eigenvalue weighted by Gasteiger charge is 2.38. The summed E-state index contributed by atoms with van der Waals surface area (Å²) in [6.45, 7) is -0.00562. The van der Waals surface area contributed by atoms with Crippen molar-refractivity contribution in [1.29, 1.82) is 0 Å². The second kappa shape index (κ2) is 11.4. The van der Waals surface area contributed by atoms with Gasteiger partial charge in [0.25, 0.3) is 11.6 Å². The lowest BCUT2D eigenvalue weighted by Crippen LogP contribution is -2.46. The summed E-state index contributed by atoms with van der Waals surface area (Å²) in [5, 5.41) is 27.9. The Morgan fingerprint density at radius 2 is 1.78 bits per heavy atom. The Labute approximate surface area is 212 Å². The largest absolute Gasteiger partial charge is 0.399 e. The zero-order valence-electron chi connectivity index (χ0n) is 20.0. The third-order valence-corrected chi connectivity index (χ3v) is 6.05. The lowest BCUT2D eigenvalue weighted by molar-refractivity contribution is -0.384. The van der Waals surface area contributed by atoms with E-state index in [0.717, 1.165) is 11.1 Å². The van der Waals surface area contributed by atoms with Gasteiger partial charge in [0.2, 0.25) is 5.91 Å². The summed E-state index contributed by atoms with van der Waals surface area (Å²) in [7, 11) is 1.39. The maximum Gasteiger partial charge on any atom is 0.269 e. The van der Waals surface area contributed by atoms with Crippen LogP contribution < -0.4 is 5.32 Å². The summed E-state index contributed by atoms with van der Waals surface area (Å²) in [6.07, 6.45) is 2.49. The fourth-order valence-electron chi connectivity index (χ4n) is 4.11. The van der Waals surface area contributed by atoms with Gasteiger partial charge in [0.05, 0.1) is 23.3 Å². The van der Waals surface area contributed by atoms with E-state index in [2.05, 4.69) is 15.5 Å². The van der Waals surface area contributed by atoms with E-state index in [-0.39, 0.29) is 31.1 Å². The van der Waals surface area contributed by atoms with Gasteiger partial charge in [-0.2, -0.15) is 0 Å². The number of benzene rings is 2. The Morgan fingerprint density at radius 3 is 2.41 bits per heavy atom. The number of hydrogen-bond donors (Lipinski definition) is 2. The molecular formula is C26H25N5O6. The number of likely N-dealkylation sites (tertiary alicyclic amines) is 1. The molecule has 2 heterocycles. The van der Waals surface area contributed by atoms with Crippen LogP contribution in [0.1, 0.15) is 28.4 Å². The Hall–Kier alpha value is -4.64. The van der Waals surface area contributed by atoms with Crippen molar-refractivity contribution in [2.45, 2.75) is 18.6 Å². The van der Waals surface area contributed by atoms with E-state index in [4.69, 9.17) is 4.84 Å². The molecule has 2 atom stereocenters. The minimum Gasteiger partial charge on any atom is -0.399 e. The molecule has 1 saturated heterocycles. The number of amides is 2. The van der Waals surface area contributed by atoms with Crippen LogP contribution in [0.2, 0.25) is 0 Å². The van der Waals surface area contributed by atoms with E-state index >= 15 is 0 Å². The van der Waals surface area contributed by atoms with Crippen LogP contribution in [-0.4, -0.2) is 63.7 Å². The third kappa shape index (κ3) is 5.96. The number of carbonyl (C=O) groups is 2. The monoisotopic (exact) mass is 503 g/mol. The number of nitro groups is 1. The van der Waals surface area contributed by atoms with E-state index in [1.54, 1.807) is 24.5 Å². The number of hydrogen-bond acceptors (Lipinski definition) is 8. The maximum absolute atomic E-state index is 13.3. The van der Waals surface area contributed by atoms with Crippen molar-refractivity contribution in [2.75, 3.05) is 20.2 Å². The molecule has 0 aliphatic carbocycles. The molecule has 190 valence electrons. The standard InChI is InChI=1S/C26H25N5O6/c1-37-29-21-14-23(25(33)28-15-24(32)19-6-8-22(9-7-19)31(35)36)30(16-21)26(34)20-4-2-17(3-5-20)18-10-12-27-13-11-18/h2-13,23-24,32H,14-16H2,1H3,(H,28,33)/t23-,24?/m0/s1. The van der Waals surface area contributed by atoms with Crippen LogP contribution in [0.4, 0.5) is 5.69 Å². The molecule has 1 unspecified atom stereocenters. The molecule has 2 aromatic carbocycles. The molecule has 1 fully saturated rings. The fourth-order valence-corrected chi connectivity index (χ4v) is 4.11. The molecule has 1 aliphatic rings. The highest BCUT2D eigenvalue weighted by molar-refractivity contribution is 6.05. The minimum absolute atomic E-state index is 0.0983. The number of aliphatic hydroxyl groups excluding tert-OH is 1. The maximum atomic E-state index is 13.3. The predicted molar refractivity (Wildman–Crippen MR) is 135 cm³/mol. The lowest BCUT2D eigenvalue weighted by Gasteiger charge is -2.24. The smallest absolute Gasteiger partial charge is 0.269 e. The topological polar surface area (TPSA) is 147 Å². The normalized spacial score (nSPS) is 16.9. The van der Waals surface area contributed by atoms with Gasteiger partial charge in [-0.05, 0) is 53.1 Å². The van der Waals surface area contributed by atoms with Crippen molar-refractivity contribution in [2.24, 2.45) is 5.16 Å². The van der Waals surface area contributed by atoms with Crippen LogP contribution in [0.3, 0.4) is 0 Å².